The van der Waals surface area contributed by atoms with E-state index < -0.39 is 0 Å². The summed E-state index contributed by atoms with van der Waals surface area (Å²) in [5.74, 6) is 0.701. The highest BCUT2D eigenvalue weighted by atomic mass is 35.5. The predicted molar refractivity (Wildman–Crippen MR) is 93.8 cm³/mol. The Hall–Kier alpha value is -1.27. The topological polar surface area (TPSA) is 52.2 Å². The van der Waals surface area contributed by atoms with Gasteiger partial charge in [0.1, 0.15) is 5.82 Å². The number of hydrogen-bond donors (Lipinski definition) is 1. The molecule has 0 amide bonds. The first-order chi connectivity index (χ1) is 11.0. The molecular weight excluding hydrogens is 359 g/mol. The lowest BCUT2D eigenvalue weighted by molar-refractivity contribution is 0.249. The minimum Gasteiger partial charge on any atom is -0.354 e. The molecule has 0 bridgehead atoms. The van der Waals surface area contributed by atoms with E-state index in [1.54, 1.807) is 12.1 Å². The lowest BCUT2D eigenvalue weighted by Gasteiger charge is -2.35. The highest BCUT2D eigenvalue weighted by Gasteiger charge is 2.20. The maximum atomic E-state index is 11.4. The average molecular weight is 374 g/mol. The van der Waals surface area contributed by atoms with Gasteiger partial charge in [0.2, 0.25) is 0 Å². The first kappa shape index (κ1) is 16.6. The Labute approximate surface area is 148 Å². The van der Waals surface area contributed by atoms with Gasteiger partial charge in [-0.25, -0.2) is 4.98 Å². The van der Waals surface area contributed by atoms with Crippen molar-refractivity contribution in [2.75, 3.05) is 31.1 Å². The third-order valence-corrected chi connectivity index (χ3v) is 5.08. The lowest BCUT2D eigenvalue weighted by Crippen LogP contribution is -2.46. The highest BCUT2D eigenvalue weighted by Crippen LogP contribution is 2.32. The van der Waals surface area contributed by atoms with Gasteiger partial charge in [0, 0.05) is 49.4 Å². The van der Waals surface area contributed by atoms with Gasteiger partial charge in [0.25, 0.3) is 5.56 Å². The first-order valence-electron chi connectivity index (χ1n) is 7.19. The Balaban J connectivity index is 1.66. The van der Waals surface area contributed by atoms with Crippen LogP contribution in [0, 0.1) is 0 Å². The van der Waals surface area contributed by atoms with Gasteiger partial charge in [-0.1, -0.05) is 34.8 Å². The van der Waals surface area contributed by atoms with Gasteiger partial charge in [0.05, 0.1) is 16.4 Å². The summed E-state index contributed by atoms with van der Waals surface area (Å²) < 4.78 is 0. The van der Waals surface area contributed by atoms with Crippen LogP contribution in [0.1, 0.15) is 5.56 Å². The highest BCUT2D eigenvalue weighted by molar-refractivity contribution is 6.44. The summed E-state index contributed by atoms with van der Waals surface area (Å²) in [6, 6.07) is 4.98. The molecule has 0 saturated carbocycles. The van der Waals surface area contributed by atoms with Crippen molar-refractivity contribution in [3.63, 3.8) is 0 Å². The van der Waals surface area contributed by atoms with Crippen LogP contribution in [0.4, 0.5) is 5.82 Å². The molecule has 1 fully saturated rings. The molecule has 0 unspecified atom stereocenters. The number of benzene rings is 1. The molecule has 2 heterocycles. The SMILES string of the molecule is O=c1cc(N2CCN(Cc3c(Cl)ccc(Cl)c3Cl)CC2)nc[nH]1. The Morgan fingerprint density at radius 2 is 1.78 bits per heavy atom. The zero-order chi connectivity index (χ0) is 16.4. The van der Waals surface area contributed by atoms with Gasteiger partial charge in [-0.05, 0) is 12.1 Å². The monoisotopic (exact) mass is 372 g/mol. The fourth-order valence-electron chi connectivity index (χ4n) is 2.60. The second-order valence-electron chi connectivity index (χ2n) is 5.35. The zero-order valence-electron chi connectivity index (χ0n) is 12.2. The van der Waals surface area contributed by atoms with Gasteiger partial charge >= 0.3 is 0 Å². The van der Waals surface area contributed by atoms with E-state index >= 15 is 0 Å². The number of nitrogens with one attached hydrogen (secondary N) is 1. The van der Waals surface area contributed by atoms with Crippen LogP contribution < -0.4 is 10.5 Å². The van der Waals surface area contributed by atoms with Crippen LogP contribution in [-0.4, -0.2) is 41.0 Å². The Morgan fingerprint density at radius 1 is 1.09 bits per heavy atom. The number of aromatic nitrogens is 2. The van der Waals surface area contributed by atoms with Crippen molar-refractivity contribution in [3.05, 3.63) is 55.5 Å². The minimum absolute atomic E-state index is 0.144. The molecule has 1 N–H and O–H groups in total. The molecule has 5 nitrogen and oxygen atoms in total. The Bertz CT molecular complexity index is 757. The minimum atomic E-state index is -0.144. The largest absolute Gasteiger partial charge is 0.354 e. The molecule has 2 aromatic rings. The number of nitrogens with zero attached hydrogens (tertiary/aromatic N) is 3. The molecule has 0 atom stereocenters. The summed E-state index contributed by atoms with van der Waals surface area (Å²) in [6.45, 7) is 3.87. The molecule has 122 valence electrons. The quantitative estimate of drug-likeness (QED) is 0.840. The van der Waals surface area contributed by atoms with Gasteiger partial charge < -0.3 is 9.88 Å². The smallest absolute Gasteiger partial charge is 0.252 e. The normalized spacial score (nSPS) is 15.9. The Kier molecular flexibility index (Phi) is 5.11. The maximum absolute atomic E-state index is 11.4. The number of rotatable bonds is 3. The third kappa shape index (κ3) is 3.80. The summed E-state index contributed by atoms with van der Waals surface area (Å²) in [4.78, 5) is 22.4. The summed E-state index contributed by atoms with van der Waals surface area (Å²) >= 11 is 18.6. The van der Waals surface area contributed by atoms with Crippen molar-refractivity contribution >= 4 is 40.6 Å². The van der Waals surface area contributed by atoms with Gasteiger partial charge in [-0.15, -0.1) is 0 Å². The van der Waals surface area contributed by atoms with E-state index in [0.717, 1.165) is 31.7 Å². The summed E-state index contributed by atoms with van der Waals surface area (Å²) in [6.07, 6.45) is 1.43. The van der Waals surface area contributed by atoms with E-state index in [2.05, 4.69) is 19.8 Å². The first-order valence-corrected chi connectivity index (χ1v) is 8.32. The molecule has 1 aliphatic heterocycles. The van der Waals surface area contributed by atoms with Crippen LogP contribution in [0.5, 0.6) is 0 Å². The molecule has 3 rings (SSSR count). The van der Waals surface area contributed by atoms with Crippen LogP contribution in [0.3, 0.4) is 0 Å². The number of hydrogen-bond acceptors (Lipinski definition) is 4. The van der Waals surface area contributed by atoms with Crippen molar-refractivity contribution in [1.82, 2.24) is 14.9 Å². The molecule has 8 heteroatoms. The van der Waals surface area contributed by atoms with Gasteiger partial charge in [-0.2, -0.15) is 0 Å². The van der Waals surface area contributed by atoms with Crippen LogP contribution in [0.15, 0.2) is 29.3 Å². The van der Waals surface area contributed by atoms with E-state index in [1.807, 2.05) is 0 Å². The summed E-state index contributed by atoms with van der Waals surface area (Å²) in [5, 5.41) is 1.65. The van der Waals surface area contributed by atoms with E-state index in [9.17, 15) is 4.79 Å². The summed E-state index contributed by atoms with van der Waals surface area (Å²) in [7, 11) is 0. The van der Waals surface area contributed by atoms with E-state index in [4.69, 9.17) is 34.8 Å². The van der Waals surface area contributed by atoms with Crippen molar-refractivity contribution < 1.29 is 0 Å². The Morgan fingerprint density at radius 3 is 2.48 bits per heavy atom. The number of anilines is 1. The number of halogens is 3. The van der Waals surface area contributed by atoms with Crippen molar-refractivity contribution in [2.24, 2.45) is 0 Å². The number of H-pyrrole nitrogens is 1. The van der Waals surface area contributed by atoms with Crippen LogP contribution in [0.25, 0.3) is 0 Å². The molecular formula is C15H15Cl3N4O. The number of piperazine rings is 1. The van der Waals surface area contributed by atoms with Gasteiger partial charge in [0.15, 0.2) is 0 Å². The van der Waals surface area contributed by atoms with E-state index in [0.29, 0.717) is 27.4 Å². The third-order valence-electron chi connectivity index (χ3n) is 3.88. The molecule has 1 aromatic heterocycles. The van der Waals surface area contributed by atoms with Crippen molar-refractivity contribution in [3.8, 4) is 0 Å². The predicted octanol–water partition coefficient (Wildman–Crippen LogP) is 3.05. The molecule has 0 spiro atoms. The van der Waals surface area contributed by atoms with Gasteiger partial charge in [-0.3, -0.25) is 9.69 Å². The standard InChI is InChI=1S/C15H15Cl3N4O/c16-11-1-2-12(17)15(18)10(11)8-21-3-5-22(6-4-21)13-7-14(23)20-9-19-13/h1-2,7,9H,3-6,8H2,(H,19,20,23). The fourth-order valence-corrected chi connectivity index (χ4v) is 3.27. The average Bonchev–Trinajstić information content (AvgIpc) is 2.56. The summed E-state index contributed by atoms with van der Waals surface area (Å²) in [5.41, 5.74) is 0.707. The second kappa shape index (κ2) is 7.09. The van der Waals surface area contributed by atoms with Crippen molar-refractivity contribution in [2.45, 2.75) is 6.54 Å². The molecule has 1 aromatic carbocycles. The maximum Gasteiger partial charge on any atom is 0.252 e. The number of aromatic amines is 1. The van der Waals surface area contributed by atoms with Crippen LogP contribution in [-0.2, 0) is 6.54 Å². The second-order valence-corrected chi connectivity index (χ2v) is 6.55. The molecule has 0 aliphatic carbocycles. The molecule has 1 saturated heterocycles. The fraction of sp³-hybridized carbons (Fsp3) is 0.333. The van der Waals surface area contributed by atoms with E-state index in [-0.39, 0.29) is 5.56 Å². The molecule has 1 aliphatic rings. The lowest BCUT2D eigenvalue weighted by atomic mass is 10.2. The molecule has 23 heavy (non-hydrogen) atoms. The van der Waals surface area contributed by atoms with E-state index in [1.165, 1.54) is 12.4 Å². The molecule has 0 radical (unpaired) electrons. The van der Waals surface area contributed by atoms with Crippen LogP contribution in [0.2, 0.25) is 15.1 Å². The van der Waals surface area contributed by atoms with Crippen LogP contribution >= 0.6 is 34.8 Å². The zero-order valence-corrected chi connectivity index (χ0v) is 14.5. The van der Waals surface area contributed by atoms with Crippen molar-refractivity contribution in [1.29, 1.82) is 0 Å².